The lowest BCUT2D eigenvalue weighted by molar-refractivity contribution is -0.0468. The number of nitrogens with one attached hydrogen (secondary N) is 1. The summed E-state index contributed by atoms with van der Waals surface area (Å²) in [5.74, 6) is 0. The maximum atomic E-state index is 6.30. The van der Waals surface area contributed by atoms with Crippen molar-refractivity contribution in [3.05, 3.63) is 34.3 Å². The van der Waals surface area contributed by atoms with Gasteiger partial charge < -0.3 is 10.1 Å². The summed E-state index contributed by atoms with van der Waals surface area (Å²) in [6, 6.07) is 6.53. The van der Waals surface area contributed by atoms with E-state index in [2.05, 4.69) is 42.3 Å². The first kappa shape index (κ1) is 16.8. The average Bonchev–Trinajstić information content (AvgIpc) is 2.48. The van der Waals surface area contributed by atoms with E-state index in [1.165, 1.54) is 12.0 Å². The maximum absolute atomic E-state index is 6.30. The lowest BCUT2D eigenvalue weighted by Gasteiger charge is -2.37. The topological polar surface area (TPSA) is 24.5 Å². The minimum Gasteiger partial charge on any atom is -0.374 e. The molecule has 1 heterocycles. The molecular formula is C17H27ClN2O. The molecule has 1 aromatic rings. The molecule has 1 aromatic carbocycles. The number of halogens is 1. The van der Waals surface area contributed by atoms with Gasteiger partial charge in [-0.1, -0.05) is 37.6 Å². The van der Waals surface area contributed by atoms with E-state index in [1.54, 1.807) is 0 Å². The first-order valence-electron chi connectivity index (χ1n) is 7.99. The summed E-state index contributed by atoms with van der Waals surface area (Å²) in [6.07, 6.45) is 1.37. The minimum atomic E-state index is 0.184. The van der Waals surface area contributed by atoms with Crippen molar-refractivity contribution in [3.63, 3.8) is 0 Å². The van der Waals surface area contributed by atoms with Crippen LogP contribution in [0.3, 0.4) is 0 Å². The van der Waals surface area contributed by atoms with E-state index in [0.29, 0.717) is 0 Å². The Morgan fingerprint density at radius 3 is 2.90 bits per heavy atom. The molecule has 0 saturated carbocycles. The number of hydrogen-bond donors (Lipinski definition) is 1. The zero-order valence-corrected chi connectivity index (χ0v) is 14.1. The van der Waals surface area contributed by atoms with Crippen molar-refractivity contribution in [2.45, 2.75) is 39.3 Å². The molecule has 21 heavy (non-hydrogen) atoms. The molecule has 0 aliphatic carbocycles. The van der Waals surface area contributed by atoms with Gasteiger partial charge in [0.2, 0.25) is 0 Å². The largest absolute Gasteiger partial charge is 0.374 e. The van der Waals surface area contributed by atoms with Crippen LogP contribution in [0.1, 0.15) is 37.4 Å². The zero-order chi connectivity index (χ0) is 15.2. The number of morpholine rings is 1. The second-order valence-corrected chi connectivity index (χ2v) is 6.16. The normalized spacial score (nSPS) is 21.4. The van der Waals surface area contributed by atoms with Crippen LogP contribution in [-0.2, 0) is 4.74 Å². The molecule has 1 aliphatic heterocycles. The molecule has 0 bridgehead atoms. The molecule has 1 saturated heterocycles. The molecule has 118 valence electrons. The summed E-state index contributed by atoms with van der Waals surface area (Å²) in [7, 11) is 0. The van der Waals surface area contributed by atoms with Crippen LogP contribution in [0.4, 0.5) is 0 Å². The highest BCUT2D eigenvalue weighted by Crippen LogP contribution is 2.26. The predicted octanol–water partition coefficient (Wildman–Crippen LogP) is 3.41. The van der Waals surface area contributed by atoms with Crippen molar-refractivity contribution in [1.29, 1.82) is 0 Å². The summed E-state index contributed by atoms with van der Waals surface area (Å²) in [5, 5.41) is 4.40. The van der Waals surface area contributed by atoms with Crippen LogP contribution < -0.4 is 5.32 Å². The van der Waals surface area contributed by atoms with Crippen molar-refractivity contribution < 1.29 is 4.74 Å². The van der Waals surface area contributed by atoms with E-state index in [1.807, 2.05) is 6.92 Å². The van der Waals surface area contributed by atoms with Gasteiger partial charge in [0, 0.05) is 18.1 Å². The van der Waals surface area contributed by atoms with Crippen LogP contribution in [0.2, 0.25) is 5.02 Å². The van der Waals surface area contributed by atoms with Gasteiger partial charge in [-0.15, -0.1) is 0 Å². The molecule has 2 atom stereocenters. The number of likely N-dealkylation sites (N-methyl/N-ethyl adjacent to an activating group) is 1. The van der Waals surface area contributed by atoms with Gasteiger partial charge in [0.25, 0.3) is 0 Å². The lowest BCUT2D eigenvalue weighted by Crippen LogP contribution is -2.48. The van der Waals surface area contributed by atoms with Crippen LogP contribution >= 0.6 is 11.6 Å². The van der Waals surface area contributed by atoms with Crippen LogP contribution in [0.15, 0.2) is 18.2 Å². The molecule has 1 fully saturated rings. The molecule has 2 rings (SSSR count). The van der Waals surface area contributed by atoms with Crippen LogP contribution in [0.5, 0.6) is 0 Å². The van der Waals surface area contributed by atoms with E-state index in [9.17, 15) is 0 Å². The Morgan fingerprint density at radius 1 is 1.43 bits per heavy atom. The number of ether oxygens (including phenoxy) is 1. The van der Waals surface area contributed by atoms with E-state index < -0.39 is 0 Å². The highest BCUT2D eigenvalue weighted by atomic mass is 35.5. The number of rotatable bonds is 6. The van der Waals surface area contributed by atoms with E-state index in [-0.39, 0.29) is 12.1 Å². The van der Waals surface area contributed by atoms with Gasteiger partial charge in [-0.25, -0.2) is 0 Å². The monoisotopic (exact) mass is 310 g/mol. The van der Waals surface area contributed by atoms with Gasteiger partial charge in [-0.05, 0) is 43.6 Å². The fraction of sp³-hybridized carbons (Fsp3) is 0.647. The van der Waals surface area contributed by atoms with E-state index in [4.69, 9.17) is 16.3 Å². The highest BCUT2D eigenvalue weighted by Gasteiger charge is 2.28. The quantitative estimate of drug-likeness (QED) is 0.871. The van der Waals surface area contributed by atoms with Crippen molar-refractivity contribution in [3.8, 4) is 0 Å². The molecule has 0 spiro atoms. The molecule has 2 unspecified atom stereocenters. The van der Waals surface area contributed by atoms with Gasteiger partial charge in [0.1, 0.15) is 0 Å². The Bertz CT molecular complexity index is 450. The molecule has 0 aromatic heterocycles. The molecule has 0 amide bonds. The van der Waals surface area contributed by atoms with Gasteiger partial charge in [0.05, 0.1) is 18.8 Å². The maximum Gasteiger partial charge on any atom is 0.0896 e. The average molecular weight is 311 g/mol. The first-order valence-corrected chi connectivity index (χ1v) is 8.36. The Labute approximate surface area is 133 Å². The van der Waals surface area contributed by atoms with E-state index in [0.717, 1.165) is 43.4 Å². The summed E-state index contributed by atoms with van der Waals surface area (Å²) >= 11 is 6.30. The summed E-state index contributed by atoms with van der Waals surface area (Å²) in [6.45, 7) is 11.3. The number of benzene rings is 1. The van der Waals surface area contributed by atoms with Gasteiger partial charge >= 0.3 is 0 Å². The van der Waals surface area contributed by atoms with Crippen molar-refractivity contribution in [1.82, 2.24) is 10.2 Å². The Morgan fingerprint density at radius 2 is 2.24 bits per heavy atom. The minimum absolute atomic E-state index is 0.184. The van der Waals surface area contributed by atoms with Crippen LogP contribution in [0.25, 0.3) is 0 Å². The Kier molecular flexibility index (Phi) is 6.49. The van der Waals surface area contributed by atoms with Crippen molar-refractivity contribution in [2.75, 3.05) is 32.8 Å². The van der Waals surface area contributed by atoms with Crippen molar-refractivity contribution >= 4 is 11.6 Å². The SMILES string of the molecule is CCCN1CCOC(C(NCC)c2ccc(C)c(Cl)c2)C1. The highest BCUT2D eigenvalue weighted by molar-refractivity contribution is 6.31. The van der Waals surface area contributed by atoms with Gasteiger partial charge in [-0.3, -0.25) is 4.90 Å². The Hall–Kier alpha value is -0.610. The number of aryl methyl sites for hydroxylation is 1. The van der Waals surface area contributed by atoms with Gasteiger partial charge in [0.15, 0.2) is 0 Å². The van der Waals surface area contributed by atoms with Crippen LogP contribution in [-0.4, -0.2) is 43.8 Å². The summed E-state index contributed by atoms with van der Waals surface area (Å²) in [5.41, 5.74) is 2.34. The molecule has 1 N–H and O–H groups in total. The van der Waals surface area contributed by atoms with Gasteiger partial charge in [-0.2, -0.15) is 0 Å². The summed E-state index contributed by atoms with van der Waals surface area (Å²) < 4.78 is 6.05. The number of hydrogen-bond acceptors (Lipinski definition) is 3. The smallest absolute Gasteiger partial charge is 0.0896 e. The van der Waals surface area contributed by atoms with Crippen molar-refractivity contribution in [2.24, 2.45) is 0 Å². The third-order valence-corrected chi connectivity index (χ3v) is 4.48. The van der Waals surface area contributed by atoms with Crippen LogP contribution in [0, 0.1) is 6.92 Å². The molecule has 4 heteroatoms. The fourth-order valence-electron chi connectivity index (χ4n) is 2.94. The molecular weight excluding hydrogens is 284 g/mol. The molecule has 1 aliphatic rings. The molecule has 0 radical (unpaired) electrons. The second-order valence-electron chi connectivity index (χ2n) is 5.75. The first-order chi connectivity index (χ1) is 10.2. The summed E-state index contributed by atoms with van der Waals surface area (Å²) in [4.78, 5) is 2.49. The fourth-order valence-corrected chi connectivity index (χ4v) is 3.13. The molecule has 3 nitrogen and oxygen atoms in total. The second kappa shape index (κ2) is 8.14. The zero-order valence-electron chi connectivity index (χ0n) is 13.4. The third-order valence-electron chi connectivity index (χ3n) is 4.07. The predicted molar refractivity (Wildman–Crippen MR) is 89.1 cm³/mol. The number of nitrogens with zero attached hydrogens (tertiary/aromatic N) is 1. The standard InChI is InChI=1S/C17H27ClN2O/c1-4-8-20-9-10-21-16(12-20)17(19-5-2)14-7-6-13(3)15(18)11-14/h6-7,11,16-17,19H,4-5,8-10,12H2,1-3H3. The Balaban J connectivity index is 2.15. The lowest BCUT2D eigenvalue weighted by atomic mass is 9.98. The third kappa shape index (κ3) is 4.43. The van der Waals surface area contributed by atoms with E-state index >= 15 is 0 Å².